The van der Waals surface area contributed by atoms with Crippen molar-refractivity contribution in [1.82, 2.24) is 4.98 Å². The Morgan fingerprint density at radius 1 is 1.00 bits per heavy atom. The Bertz CT molecular complexity index is 675. The number of pyridine rings is 1. The summed E-state index contributed by atoms with van der Waals surface area (Å²) >= 11 is 0. The van der Waals surface area contributed by atoms with E-state index in [9.17, 15) is 4.39 Å². The normalized spacial score (nSPS) is 12.7. The van der Waals surface area contributed by atoms with Crippen LogP contribution in [0.5, 0.6) is 5.75 Å². The quantitative estimate of drug-likeness (QED) is 0.604. The zero-order valence-electron chi connectivity index (χ0n) is 15.3. The molecule has 0 radical (unpaired) electrons. The minimum atomic E-state index is -2.05. The predicted octanol–water partition coefficient (Wildman–Crippen LogP) is 6.24. The van der Waals surface area contributed by atoms with Gasteiger partial charge in [-0.05, 0) is 35.7 Å². The largest absolute Gasteiger partial charge is 0.541 e. The van der Waals surface area contributed by atoms with Crippen LogP contribution in [-0.4, -0.2) is 13.3 Å². The van der Waals surface area contributed by atoms with Crippen LogP contribution in [0.3, 0.4) is 0 Å². The van der Waals surface area contributed by atoms with Gasteiger partial charge in [0.15, 0.2) is 0 Å². The van der Waals surface area contributed by atoms with Crippen LogP contribution >= 0.6 is 0 Å². The standard InChI is InChI=1S/C19H28FNOSi/c1-12(2)23(13(3)4,14(5)6)22-18-10-8-9-16-11-17(20)15(7)21-19(16)18/h8-14H,1-7H3. The number of para-hydroxylation sites is 1. The lowest BCUT2D eigenvalue weighted by Crippen LogP contribution is -2.50. The van der Waals surface area contributed by atoms with Crippen LogP contribution in [0, 0.1) is 12.7 Å². The van der Waals surface area contributed by atoms with Crippen LogP contribution in [-0.2, 0) is 0 Å². The van der Waals surface area contributed by atoms with E-state index in [0.717, 1.165) is 16.7 Å². The van der Waals surface area contributed by atoms with Crippen molar-refractivity contribution >= 4 is 19.2 Å². The molecule has 2 nitrogen and oxygen atoms in total. The summed E-state index contributed by atoms with van der Waals surface area (Å²) in [6.07, 6.45) is 0. The number of hydrogen-bond acceptors (Lipinski definition) is 2. The maximum Gasteiger partial charge on any atom is 0.258 e. The Morgan fingerprint density at radius 2 is 1.57 bits per heavy atom. The first-order chi connectivity index (χ1) is 10.7. The molecule has 2 rings (SSSR count). The average Bonchev–Trinajstić information content (AvgIpc) is 2.45. The Kier molecular flexibility index (Phi) is 5.14. The summed E-state index contributed by atoms with van der Waals surface area (Å²) in [7, 11) is -2.05. The van der Waals surface area contributed by atoms with Gasteiger partial charge in [0.25, 0.3) is 8.32 Å². The highest BCUT2D eigenvalue weighted by atomic mass is 28.4. The Labute approximate surface area is 140 Å². The highest BCUT2D eigenvalue weighted by molar-refractivity contribution is 6.78. The molecule has 0 saturated carbocycles. The van der Waals surface area contributed by atoms with Gasteiger partial charge in [-0.25, -0.2) is 9.37 Å². The van der Waals surface area contributed by atoms with Crippen LogP contribution in [0.4, 0.5) is 4.39 Å². The molecule has 1 aromatic heterocycles. The average molecular weight is 334 g/mol. The summed E-state index contributed by atoms with van der Waals surface area (Å²) in [5.41, 5.74) is 2.64. The first-order valence-corrected chi connectivity index (χ1v) is 10.6. The molecule has 0 aliphatic heterocycles. The van der Waals surface area contributed by atoms with Crippen molar-refractivity contribution in [3.63, 3.8) is 0 Å². The number of aryl methyl sites for hydroxylation is 1. The molecule has 0 bridgehead atoms. The summed E-state index contributed by atoms with van der Waals surface area (Å²) in [6, 6.07) is 7.34. The molecule has 0 saturated heterocycles. The summed E-state index contributed by atoms with van der Waals surface area (Å²) < 4.78 is 20.6. The van der Waals surface area contributed by atoms with Crippen LogP contribution in [0.25, 0.3) is 10.9 Å². The Balaban J connectivity index is 2.61. The first-order valence-electron chi connectivity index (χ1n) is 8.45. The van der Waals surface area contributed by atoms with Gasteiger partial charge in [-0.1, -0.05) is 53.7 Å². The Morgan fingerprint density at radius 3 is 2.09 bits per heavy atom. The van der Waals surface area contributed by atoms with Gasteiger partial charge >= 0.3 is 0 Å². The van der Waals surface area contributed by atoms with Crippen molar-refractivity contribution in [2.75, 3.05) is 0 Å². The van der Waals surface area contributed by atoms with Gasteiger partial charge in [0.1, 0.15) is 17.1 Å². The summed E-state index contributed by atoms with van der Waals surface area (Å²) in [6.45, 7) is 15.3. The van der Waals surface area contributed by atoms with Gasteiger partial charge in [-0.3, -0.25) is 0 Å². The van der Waals surface area contributed by atoms with Gasteiger partial charge in [-0.2, -0.15) is 0 Å². The van der Waals surface area contributed by atoms with Crippen molar-refractivity contribution in [1.29, 1.82) is 0 Å². The lowest BCUT2D eigenvalue weighted by atomic mass is 10.2. The third-order valence-corrected chi connectivity index (χ3v) is 10.9. The van der Waals surface area contributed by atoms with Gasteiger partial charge < -0.3 is 4.43 Å². The molecular weight excluding hydrogens is 305 g/mol. The molecule has 1 heterocycles. The monoisotopic (exact) mass is 333 g/mol. The molecule has 126 valence electrons. The molecule has 0 fully saturated rings. The first kappa shape index (κ1) is 17.9. The van der Waals surface area contributed by atoms with E-state index in [1.165, 1.54) is 0 Å². The molecule has 0 aliphatic carbocycles. The molecule has 1 aromatic carbocycles. The van der Waals surface area contributed by atoms with E-state index in [0.29, 0.717) is 22.3 Å². The highest BCUT2D eigenvalue weighted by Crippen LogP contribution is 2.43. The molecular formula is C19H28FNOSi. The topological polar surface area (TPSA) is 22.1 Å². The van der Waals surface area contributed by atoms with E-state index in [1.807, 2.05) is 18.2 Å². The molecule has 0 unspecified atom stereocenters. The fraction of sp³-hybridized carbons (Fsp3) is 0.526. The fourth-order valence-electron chi connectivity index (χ4n) is 3.86. The van der Waals surface area contributed by atoms with Crippen molar-refractivity contribution in [3.8, 4) is 5.75 Å². The molecule has 0 atom stereocenters. The summed E-state index contributed by atoms with van der Waals surface area (Å²) in [4.78, 5) is 4.46. The van der Waals surface area contributed by atoms with Gasteiger partial charge in [0.2, 0.25) is 0 Å². The second-order valence-corrected chi connectivity index (χ2v) is 12.7. The van der Waals surface area contributed by atoms with E-state index >= 15 is 0 Å². The van der Waals surface area contributed by atoms with E-state index in [2.05, 4.69) is 46.5 Å². The molecule has 4 heteroatoms. The van der Waals surface area contributed by atoms with E-state index in [1.54, 1.807) is 13.0 Å². The van der Waals surface area contributed by atoms with Crippen molar-refractivity contribution in [2.24, 2.45) is 0 Å². The van der Waals surface area contributed by atoms with E-state index in [4.69, 9.17) is 4.43 Å². The molecule has 2 aromatic rings. The molecule has 0 aliphatic rings. The fourth-order valence-corrected chi connectivity index (χ4v) is 9.12. The van der Waals surface area contributed by atoms with E-state index < -0.39 is 8.32 Å². The SMILES string of the molecule is Cc1nc2c(O[Si](C(C)C)(C(C)C)C(C)C)cccc2cc1F. The predicted molar refractivity (Wildman–Crippen MR) is 98.1 cm³/mol. The summed E-state index contributed by atoms with van der Waals surface area (Å²) in [5, 5.41) is 0.796. The number of hydrogen-bond donors (Lipinski definition) is 0. The van der Waals surface area contributed by atoms with Crippen LogP contribution in [0.15, 0.2) is 24.3 Å². The molecule has 0 N–H and O–H groups in total. The van der Waals surface area contributed by atoms with Gasteiger partial charge in [-0.15, -0.1) is 0 Å². The second kappa shape index (κ2) is 6.60. The van der Waals surface area contributed by atoms with Crippen LogP contribution in [0.1, 0.15) is 47.2 Å². The highest BCUT2D eigenvalue weighted by Gasteiger charge is 2.47. The zero-order chi connectivity index (χ0) is 17.4. The molecule has 0 spiro atoms. The van der Waals surface area contributed by atoms with E-state index in [-0.39, 0.29) is 5.82 Å². The number of aromatic nitrogens is 1. The smallest absolute Gasteiger partial charge is 0.258 e. The number of fused-ring (bicyclic) bond motifs is 1. The van der Waals surface area contributed by atoms with Crippen LogP contribution < -0.4 is 4.43 Å². The number of benzene rings is 1. The lowest BCUT2D eigenvalue weighted by Gasteiger charge is -2.42. The maximum absolute atomic E-state index is 13.8. The lowest BCUT2D eigenvalue weighted by molar-refractivity contribution is 0.483. The summed E-state index contributed by atoms with van der Waals surface area (Å²) in [5.74, 6) is 0.531. The molecule has 0 amide bonds. The second-order valence-electron chi connectivity index (χ2n) is 7.30. The third kappa shape index (κ3) is 3.14. The number of rotatable bonds is 5. The zero-order valence-corrected chi connectivity index (χ0v) is 16.3. The van der Waals surface area contributed by atoms with Crippen molar-refractivity contribution in [2.45, 2.75) is 65.1 Å². The molecule has 23 heavy (non-hydrogen) atoms. The number of nitrogens with zero attached hydrogens (tertiary/aromatic N) is 1. The number of halogens is 1. The van der Waals surface area contributed by atoms with Crippen molar-refractivity contribution in [3.05, 3.63) is 35.8 Å². The van der Waals surface area contributed by atoms with Gasteiger partial charge in [0, 0.05) is 5.39 Å². The minimum Gasteiger partial charge on any atom is -0.541 e. The third-order valence-electron chi connectivity index (χ3n) is 4.93. The minimum absolute atomic E-state index is 0.269. The maximum atomic E-state index is 13.8. The van der Waals surface area contributed by atoms with Crippen LogP contribution in [0.2, 0.25) is 16.6 Å². The van der Waals surface area contributed by atoms with Crippen molar-refractivity contribution < 1.29 is 8.82 Å². The van der Waals surface area contributed by atoms with Gasteiger partial charge in [0.05, 0.1) is 5.69 Å². The Hall–Kier alpha value is -1.42.